The third-order valence-electron chi connectivity index (χ3n) is 4.09. The molecule has 1 aliphatic rings. The fourth-order valence-corrected chi connectivity index (χ4v) is 4.31. The Balaban J connectivity index is 1.71. The summed E-state index contributed by atoms with van der Waals surface area (Å²) in [5.74, 6) is -0.411. The monoisotopic (exact) mass is 367 g/mol. The van der Waals surface area contributed by atoms with Crippen molar-refractivity contribution < 1.29 is 22.1 Å². The Hall–Kier alpha value is -2.26. The van der Waals surface area contributed by atoms with Gasteiger partial charge >= 0.3 is 0 Å². The highest BCUT2D eigenvalue weighted by Crippen LogP contribution is 2.25. The zero-order valence-electron chi connectivity index (χ0n) is 13.6. The normalized spacial score (nSPS) is 18.9. The van der Waals surface area contributed by atoms with Crippen LogP contribution < -0.4 is 5.32 Å². The lowest BCUT2D eigenvalue weighted by atomic mass is 9.99. The number of carbonyl (C=O) groups is 1. The number of halogens is 1. The first-order chi connectivity index (χ1) is 11.9. The van der Waals surface area contributed by atoms with Gasteiger partial charge in [0, 0.05) is 19.2 Å². The van der Waals surface area contributed by atoms with Crippen molar-refractivity contribution in [2.24, 2.45) is 5.92 Å². The molecule has 1 atom stereocenters. The van der Waals surface area contributed by atoms with Gasteiger partial charge in [-0.05, 0) is 44.0 Å². The Morgan fingerprint density at radius 3 is 2.72 bits per heavy atom. The van der Waals surface area contributed by atoms with E-state index in [-0.39, 0.29) is 17.3 Å². The zero-order chi connectivity index (χ0) is 18.0. The van der Waals surface area contributed by atoms with Gasteiger partial charge in [0.05, 0.1) is 10.8 Å². The summed E-state index contributed by atoms with van der Waals surface area (Å²) in [6.45, 7) is 2.11. The standard InChI is InChI=1S/C16H18FN3O4S/c1-11-9-15(19-24-11)18-16(21)12-3-2-8-20(10-12)25(22,23)14-6-4-13(17)5-7-14/h4-7,9,12H,2-3,8,10H2,1H3,(H,18,19,21)/t12-/m0/s1. The molecule has 1 N–H and O–H groups in total. The summed E-state index contributed by atoms with van der Waals surface area (Å²) in [5.41, 5.74) is 0. The quantitative estimate of drug-likeness (QED) is 0.894. The molecule has 0 radical (unpaired) electrons. The fourth-order valence-electron chi connectivity index (χ4n) is 2.78. The molecule has 2 aromatic rings. The van der Waals surface area contributed by atoms with Crippen molar-refractivity contribution >= 4 is 21.7 Å². The van der Waals surface area contributed by atoms with E-state index in [2.05, 4.69) is 10.5 Å². The first-order valence-electron chi connectivity index (χ1n) is 7.86. The predicted octanol–water partition coefficient (Wildman–Crippen LogP) is 2.16. The predicted molar refractivity (Wildman–Crippen MR) is 87.8 cm³/mol. The molecule has 134 valence electrons. The zero-order valence-corrected chi connectivity index (χ0v) is 14.4. The van der Waals surface area contributed by atoms with Gasteiger partial charge in [-0.25, -0.2) is 12.8 Å². The summed E-state index contributed by atoms with van der Waals surface area (Å²) >= 11 is 0. The van der Waals surface area contributed by atoms with Crippen molar-refractivity contribution in [3.63, 3.8) is 0 Å². The molecule has 1 fully saturated rings. The maximum atomic E-state index is 13.0. The number of carbonyl (C=O) groups excluding carboxylic acids is 1. The van der Waals surface area contributed by atoms with Crippen molar-refractivity contribution in [3.05, 3.63) is 41.9 Å². The van der Waals surface area contributed by atoms with E-state index in [1.807, 2.05) is 0 Å². The van der Waals surface area contributed by atoms with Crippen molar-refractivity contribution in [1.29, 1.82) is 0 Å². The van der Waals surface area contributed by atoms with Crippen LogP contribution in [0.4, 0.5) is 10.2 Å². The number of rotatable bonds is 4. The topological polar surface area (TPSA) is 92.5 Å². The minimum atomic E-state index is -3.76. The van der Waals surface area contributed by atoms with Crippen LogP contribution in [-0.4, -0.2) is 36.9 Å². The summed E-state index contributed by atoms with van der Waals surface area (Å²) in [7, 11) is -3.76. The van der Waals surface area contributed by atoms with Gasteiger partial charge in [-0.15, -0.1) is 0 Å². The van der Waals surface area contributed by atoms with E-state index >= 15 is 0 Å². The number of sulfonamides is 1. The molecular weight excluding hydrogens is 349 g/mol. The van der Waals surface area contributed by atoms with Crippen molar-refractivity contribution in [1.82, 2.24) is 9.46 Å². The van der Waals surface area contributed by atoms with Gasteiger partial charge in [0.15, 0.2) is 5.82 Å². The maximum Gasteiger partial charge on any atom is 0.243 e. The van der Waals surface area contributed by atoms with Crippen LogP contribution in [0, 0.1) is 18.7 Å². The maximum absolute atomic E-state index is 13.0. The Labute approximate surface area is 144 Å². The Morgan fingerprint density at radius 1 is 1.36 bits per heavy atom. The first-order valence-corrected chi connectivity index (χ1v) is 9.30. The van der Waals surface area contributed by atoms with E-state index in [4.69, 9.17) is 4.52 Å². The second-order valence-electron chi connectivity index (χ2n) is 5.97. The Bertz CT molecular complexity index is 864. The Morgan fingerprint density at radius 2 is 2.08 bits per heavy atom. The number of amides is 1. The molecule has 0 bridgehead atoms. The number of piperidine rings is 1. The molecule has 1 amide bonds. The fraction of sp³-hybridized carbons (Fsp3) is 0.375. The van der Waals surface area contributed by atoms with Crippen LogP contribution in [0.2, 0.25) is 0 Å². The highest BCUT2D eigenvalue weighted by molar-refractivity contribution is 7.89. The van der Waals surface area contributed by atoms with E-state index in [1.54, 1.807) is 13.0 Å². The minimum absolute atomic E-state index is 0.0158. The summed E-state index contributed by atoms with van der Waals surface area (Å²) in [4.78, 5) is 12.4. The summed E-state index contributed by atoms with van der Waals surface area (Å²) in [5, 5.41) is 6.34. The summed E-state index contributed by atoms with van der Waals surface area (Å²) < 4.78 is 44.5. The average molecular weight is 367 g/mol. The number of hydrogen-bond donors (Lipinski definition) is 1. The van der Waals surface area contributed by atoms with Crippen LogP contribution in [-0.2, 0) is 14.8 Å². The van der Waals surface area contributed by atoms with E-state index in [0.717, 1.165) is 12.1 Å². The van der Waals surface area contributed by atoms with Crippen molar-refractivity contribution in [2.75, 3.05) is 18.4 Å². The molecule has 1 aromatic carbocycles. The van der Waals surface area contributed by atoms with Crippen LogP contribution in [0.3, 0.4) is 0 Å². The molecule has 0 unspecified atom stereocenters. The van der Waals surface area contributed by atoms with Crippen LogP contribution in [0.1, 0.15) is 18.6 Å². The molecule has 9 heteroatoms. The molecule has 1 aromatic heterocycles. The third-order valence-corrected chi connectivity index (χ3v) is 5.96. The van der Waals surface area contributed by atoms with E-state index in [1.165, 1.54) is 16.4 Å². The SMILES string of the molecule is Cc1cc(NC(=O)[C@H]2CCCN(S(=O)(=O)c3ccc(F)cc3)C2)no1. The van der Waals surface area contributed by atoms with Crippen LogP contribution >= 0.6 is 0 Å². The summed E-state index contributed by atoms with van der Waals surface area (Å²) in [6, 6.07) is 6.26. The molecule has 0 spiro atoms. The van der Waals surface area contributed by atoms with Crippen LogP contribution in [0.5, 0.6) is 0 Å². The number of nitrogens with zero attached hydrogens (tertiary/aromatic N) is 2. The van der Waals surface area contributed by atoms with Crippen molar-refractivity contribution in [3.8, 4) is 0 Å². The lowest BCUT2D eigenvalue weighted by Crippen LogP contribution is -2.43. The van der Waals surface area contributed by atoms with Gasteiger partial charge in [0.25, 0.3) is 0 Å². The van der Waals surface area contributed by atoms with E-state index in [0.29, 0.717) is 31.0 Å². The van der Waals surface area contributed by atoms with Gasteiger partial charge in [-0.1, -0.05) is 5.16 Å². The molecule has 1 saturated heterocycles. The molecule has 7 nitrogen and oxygen atoms in total. The largest absolute Gasteiger partial charge is 0.360 e. The lowest BCUT2D eigenvalue weighted by Gasteiger charge is -2.31. The van der Waals surface area contributed by atoms with E-state index < -0.39 is 21.8 Å². The Kier molecular flexibility index (Phi) is 4.87. The molecule has 0 saturated carbocycles. The molecule has 25 heavy (non-hydrogen) atoms. The van der Waals surface area contributed by atoms with Crippen LogP contribution in [0.25, 0.3) is 0 Å². The lowest BCUT2D eigenvalue weighted by molar-refractivity contribution is -0.120. The average Bonchev–Trinajstić information content (AvgIpc) is 3.00. The molecule has 0 aliphatic carbocycles. The smallest absolute Gasteiger partial charge is 0.243 e. The van der Waals surface area contributed by atoms with Crippen molar-refractivity contribution in [2.45, 2.75) is 24.7 Å². The van der Waals surface area contributed by atoms with Gasteiger partial charge in [0.1, 0.15) is 11.6 Å². The molecular formula is C16H18FN3O4S. The minimum Gasteiger partial charge on any atom is -0.360 e. The summed E-state index contributed by atoms with van der Waals surface area (Å²) in [6.07, 6.45) is 1.15. The van der Waals surface area contributed by atoms with Crippen LogP contribution in [0.15, 0.2) is 39.8 Å². The van der Waals surface area contributed by atoms with Gasteiger partial charge in [0.2, 0.25) is 15.9 Å². The van der Waals surface area contributed by atoms with Gasteiger partial charge in [-0.2, -0.15) is 4.31 Å². The highest BCUT2D eigenvalue weighted by atomic mass is 32.2. The second kappa shape index (κ2) is 6.93. The van der Waals surface area contributed by atoms with Gasteiger partial charge in [-0.3, -0.25) is 4.79 Å². The number of anilines is 1. The molecule has 1 aliphatic heterocycles. The molecule has 2 heterocycles. The number of hydrogen-bond acceptors (Lipinski definition) is 5. The molecule has 3 rings (SSSR count). The number of aromatic nitrogens is 1. The number of aryl methyl sites for hydroxylation is 1. The van der Waals surface area contributed by atoms with E-state index in [9.17, 15) is 17.6 Å². The first kappa shape index (κ1) is 17.6. The second-order valence-corrected chi connectivity index (χ2v) is 7.91. The number of benzene rings is 1. The highest BCUT2D eigenvalue weighted by Gasteiger charge is 2.33. The van der Waals surface area contributed by atoms with Gasteiger partial charge < -0.3 is 9.84 Å². The number of nitrogens with one attached hydrogen (secondary N) is 1. The third kappa shape index (κ3) is 3.88.